The second-order valence-corrected chi connectivity index (χ2v) is 4.23. The van der Waals surface area contributed by atoms with Crippen molar-refractivity contribution in [3.8, 4) is 5.75 Å². The van der Waals surface area contributed by atoms with Crippen molar-refractivity contribution in [2.24, 2.45) is 0 Å². The van der Waals surface area contributed by atoms with Crippen molar-refractivity contribution in [1.82, 2.24) is 4.90 Å². The Kier molecular flexibility index (Phi) is 2.38. The van der Waals surface area contributed by atoms with Gasteiger partial charge < -0.3 is 9.84 Å². The number of rotatable bonds is 4. The molecule has 0 amide bonds. The van der Waals surface area contributed by atoms with Crippen LogP contribution in [0.1, 0.15) is 26.5 Å². The first-order valence-corrected chi connectivity index (χ1v) is 5.52. The quantitative estimate of drug-likeness (QED) is 0.868. The van der Waals surface area contributed by atoms with Crippen molar-refractivity contribution in [1.29, 1.82) is 0 Å². The molecule has 1 N–H and O–H groups in total. The fourth-order valence-electron chi connectivity index (χ4n) is 1.73. The number of carboxylic acid groups (broad SMARTS) is 1. The minimum Gasteiger partial charge on any atom is -0.492 e. The summed E-state index contributed by atoms with van der Waals surface area (Å²) in [7, 11) is 0. The number of nitrogens with zero attached hydrogens (tertiary/aromatic N) is 1. The van der Waals surface area contributed by atoms with Crippen molar-refractivity contribution in [2.75, 3.05) is 20.1 Å². The van der Waals surface area contributed by atoms with Gasteiger partial charge in [0.2, 0.25) is 0 Å². The van der Waals surface area contributed by atoms with Crippen LogP contribution in [0.4, 0.5) is 0 Å². The Hall–Kier alpha value is -1.55. The number of hydrogen-bond acceptors (Lipinski definition) is 3. The number of benzene rings is 1. The van der Waals surface area contributed by atoms with E-state index in [9.17, 15) is 4.79 Å². The fourth-order valence-corrected chi connectivity index (χ4v) is 1.73. The predicted octanol–water partition coefficient (Wildman–Crippen LogP) is 1.78. The molecule has 1 saturated heterocycles. The van der Waals surface area contributed by atoms with Gasteiger partial charge in [-0.15, -0.1) is 0 Å². The van der Waals surface area contributed by atoms with Crippen LogP contribution in [0, 0.1) is 6.92 Å². The van der Waals surface area contributed by atoms with Crippen LogP contribution in [0.5, 0.6) is 5.75 Å². The Bertz CT molecular complexity index is 516. The van der Waals surface area contributed by atoms with Crippen LogP contribution in [-0.2, 0) is 0 Å². The van der Waals surface area contributed by atoms with Gasteiger partial charge in [-0.25, -0.2) is 4.79 Å². The highest BCUT2D eigenvalue weighted by Gasteiger charge is 2.24. The Morgan fingerprint density at radius 2 is 2.53 bits per heavy atom. The van der Waals surface area contributed by atoms with Crippen molar-refractivity contribution >= 4 is 5.97 Å². The normalized spacial score (nSPS) is 23.1. The van der Waals surface area contributed by atoms with E-state index in [1.165, 1.54) is 11.0 Å². The number of carboxylic acids is 1. The molecule has 4 heteroatoms. The molecule has 0 spiro atoms. The lowest BCUT2D eigenvalue weighted by Gasteiger charge is -2.37. The zero-order valence-electron chi connectivity index (χ0n) is 12.6. The highest BCUT2D eigenvalue weighted by molar-refractivity contribution is 5.89. The van der Waals surface area contributed by atoms with Gasteiger partial charge in [-0.1, -0.05) is 6.07 Å². The van der Waals surface area contributed by atoms with E-state index in [1.54, 1.807) is 19.1 Å². The van der Waals surface area contributed by atoms with Gasteiger partial charge >= 0.3 is 5.97 Å². The lowest BCUT2D eigenvalue weighted by Crippen LogP contribution is -2.48. The van der Waals surface area contributed by atoms with Crippen LogP contribution in [0.3, 0.4) is 0 Å². The van der Waals surface area contributed by atoms with Crippen molar-refractivity contribution in [3.05, 3.63) is 29.3 Å². The van der Waals surface area contributed by atoms with Gasteiger partial charge in [0.15, 0.2) is 0 Å². The maximum Gasteiger partial charge on any atom is 0.336 e. The van der Waals surface area contributed by atoms with Gasteiger partial charge in [0.25, 0.3) is 0 Å². The fraction of sp³-hybridized carbons (Fsp3) is 0.462. The van der Waals surface area contributed by atoms with Crippen molar-refractivity contribution < 1.29 is 18.8 Å². The zero-order chi connectivity index (χ0) is 14.9. The Morgan fingerprint density at radius 3 is 3.12 bits per heavy atom. The highest BCUT2D eigenvalue weighted by Crippen LogP contribution is 2.20. The second kappa shape index (κ2) is 4.75. The summed E-state index contributed by atoms with van der Waals surface area (Å²) in [6.07, 6.45) is 0.774. The van der Waals surface area contributed by atoms with Crippen LogP contribution in [-0.4, -0.2) is 42.1 Å². The van der Waals surface area contributed by atoms with Crippen LogP contribution in [0.15, 0.2) is 18.2 Å². The first kappa shape index (κ1) is 8.53. The summed E-state index contributed by atoms with van der Waals surface area (Å²) in [4.78, 5) is 12.4. The molecule has 1 atom stereocenters. The summed E-state index contributed by atoms with van der Waals surface area (Å²) in [5.74, 6) is -0.550. The number of aromatic carboxylic acids is 1. The summed E-state index contributed by atoms with van der Waals surface area (Å²) in [5.41, 5.74) is 0.862. The smallest absolute Gasteiger partial charge is 0.336 e. The maximum atomic E-state index is 11.0. The summed E-state index contributed by atoms with van der Waals surface area (Å²) in [5, 5.41) is 9.04. The minimum atomic E-state index is -2.09. The van der Waals surface area contributed by atoms with E-state index in [4.69, 9.17) is 14.0 Å². The molecule has 1 aromatic carbocycles. The Labute approximate surface area is 105 Å². The Balaban J connectivity index is 1.98. The first-order valence-electron chi connectivity index (χ1n) is 7.02. The van der Waals surface area contributed by atoms with Crippen molar-refractivity contribution in [2.45, 2.75) is 19.4 Å². The van der Waals surface area contributed by atoms with E-state index in [-0.39, 0.29) is 18.2 Å². The molecule has 1 fully saturated rings. The topological polar surface area (TPSA) is 49.8 Å². The van der Waals surface area contributed by atoms with Crippen LogP contribution in [0.25, 0.3) is 0 Å². The molecule has 0 saturated carbocycles. The van der Waals surface area contributed by atoms with Gasteiger partial charge in [0.1, 0.15) is 12.4 Å². The number of aryl methyl sites for hydroxylation is 1. The van der Waals surface area contributed by atoms with Crippen LogP contribution in [0.2, 0.25) is 0 Å². The Morgan fingerprint density at radius 1 is 1.71 bits per heavy atom. The third-order valence-corrected chi connectivity index (χ3v) is 3.03. The molecule has 92 valence electrons. The van der Waals surface area contributed by atoms with Gasteiger partial charge in [-0.2, -0.15) is 0 Å². The van der Waals surface area contributed by atoms with Gasteiger partial charge in [-0.05, 0) is 44.6 Å². The molecule has 4 nitrogen and oxygen atoms in total. The molecule has 0 bridgehead atoms. The predicted molar refractivity (Wildman–Crippen MR) is 64.7 cm³/mol. The molecular weight excluding hydrogens is 218 g/mol. The number of hydrogen-bond donors (Lipinski definition) is 1. The average molecular weight is 238 g/mol. The first-order chi connectivity index (χ1) is 9.29. The zero-order valence-corrected chi connectivity index (χ0v) is 9.64. The monoisotopic (exact) mass is 238 g/mol. The summed E-state index contributed by atoms with van der Waals surface area (Å²) < 4.78 is 27.6. The lowest BCUT2D eigenvalue weighted by atomic mass is 10.1. The summed E-state index contributed by atoms with van der Waals surface area (Å²) in [6.45, 7) is 0.417. The number of likely N-dealkylation sites (tertiary alicyclic amines) is 1. The largest absolute Gasteiger partial charge is 0.492 e. The van der Waals surface area contributed by atoms with Crippen LogP contribution >= 0.6 is 0 Å². The van der Waals surface area contributed by atoms with Gasteiger partial charge in [0, 0.05) is 10.2 Å². The summed E-state index contributed by atoms with van der Waals surface area (Å²) in [6, 6.07) is 4.70. The van der Waals surface area contributed by atoms with E-state index < -0.39 is 12.9 Å². The van der Waals surface area contributed by atoms with Crippen LogP contribution < -0.4 is 4.74 Å². The SMILES string of the molecule is [2H]C([2H])([2H])N1CCC1COc1ccc(C)c(C(=O)O)c1. The second-order valence-electron chi connectivity index (χ2n) is 4.23. The molecule has 0 aromatic heterocycles. The molecule has 1 aliphatic heterocycles. The average Bonchev–Trinajstić information content (AvgIpc) is 2.27. The van der Waals surface area contributed by atoms with E-state index in [0.29, 0.717) is 17.9 Å². The molecule has 0 aliphatic carbocycles. The number of ether oxygens (including phenoxy) is 1. The molecule has 1 heterocycles. The molecule has 1 aromatic rings. The minimum absolute atomic E-state index is 0.142. The van der Waals surface area contributed by atoms with E-state index in [1.807, 2.05) is 0 Å². The number of likely N-dealkylation sites (N-methyl/N-ethyl adjacent to an activating group) is 1. The standard InChI is InChI=1S/C13H17NO3/c1-9-3-4-11(7-12(9)13(15)16)17-8-10-5-6-14(10)2/h3-4,7,10H,5-6,8H2,1-2H3,(H,15,16)/i2D3. The third-order valence-electron chi connectivity index (χ3n) is 3.03. The number of carbonyl (C=O) groups is 1. The van der Waals surface area contributed by atoms with E-state index >= 15 is 0 Å². The maximum absolute atomic E-state index is 11.0. The molecule has 1 aliphatic rings. The third kappa shape index (κ3) is 2.58. The van der Waals surface area contributed by atoms with Gasteiger partial charge in [0.05, 0.1) is 5.56 Å². The summed E-state index contributed by atoms with van der Waals surface area (Å²) >= 11 is 0. The molecule has 2 rings (SSSR count). The molecule has 0 radical (unpaired) electrons. The highest BCUT2D eigenvalue weighted by atomic mass is 16.5. The van der Waals surface area contributed by atoms with Gasteiger partial charge in [-0.3, -0.25) is 4.90 Å². The van der Waals surface area contributed by atoms with Crippen molar-refractivity contribution in [3.63, 3.8) is 0 Å². The van der Waals surface area contributed by atoms with E-state index in [0.717, 1.165) is 6.42 Å². The van der Waals surface area contributed by atoms with E-state index in [2.05, 4.69) is 0 Å². The lowest BCUT2D eigenvalue weighted by molar-refractivity contribution is 0.0691. The molecular formula is C13H17NO3. The molecule has 17 heavy (non-hydrogen) atoms. The molecule has 1 unspecified atom stereocenters.